The molecule has 0 aromatic carbocycles. The third-order valence-electron chi connectivity index (χ3n) is 4.68. The fraction of sp³-hybridized carbons (Fsp3) is 0.522. The van der Waals surface area contributed by atoms with Crippen LogP contribution in [0.3, 0.4) is 0 Å². The number of carbonyl (C=O) groups is 1. The highest BCUT2D eigenvalue weighted by molar-refractivity contribution is 7.98. The van der Waals surface area contributed by atoms with Crippen molar-refractivity contribution in [2.45, 2.75) is 76.1 Å². The predicted molar refractivity (Wildman–Crippen MR) is 119 cm³/mol. The zero-order chi connectivity index (χ0) is 19.5. The molecule has 27 heavy (non-hydrogen) atoms. The molecule has 0 heterocycles. The van der Waals surface area contributed by atoms with E-state index < -0.39 is 0 Å². The molecule has 2 aliphatic carbocycles. The Kier molecular flexibility index (Phi) is 9.71. The first-order valence-corrected chi connectivity index (χ1v) is 11.0. The normalized spacial score (nSPS) is 21.7. The van der Waals surface area contributed by atoms with Crippen LogP contribution in [0, 0.1) is 0 Å². The van der Waals surface area contributed by atoms with E-state index in [1.54, 1.807) is 11.9 Å². The molecule has 0 aromatic heterocycles. The first-order valence-electron chi connectivity index (χ1n) is 10.2. The van der Waals surface area contributed by atoms with Crippen molar-refractivity contribution in [3.8, 4) is 0 Å². The van der Waals surface area contributed by atoms with Crippen molar-refractivity contribution in [2.75, 3.05) is 0 Å². The Hall–Kier alpha value is -1.52. The maximum atomic E-state index is 12.5. The lowest BCUT2D eigenvalue weighted by Crippen LogP contribution is -2.35. The Morgan fingerprint density at radius 2 is 1.96 bits per heavy atom. The molecule has 2 N–H and O–H groups in total. The third-order valence-corrected chi connectivity index (χ3v) is 5.59. The molecular formula is C23H34N2OS. The summed E-state index contributed by atoms with van der Waals surface area (Å²) in [4.78, 5) is 12.5. The molecule has 0 saturated carbocycles. The maximum Gasteiger partial charge on any atom is 0.251 e. The Balaban J connectivity index is 1.68. The Labute approximate surface area is 169 Å². The first kappa shape index (κ1) is 21.8. The van der Waals surface area contributed by atoms with Gasteiger partial charge in [-0.25, -0.2) is 0 Å². The molecule has 2 atom stereocenters. The molecule has 2 unspecified atom stereocenters. The Morgan fingerprint density at radius 1 is 1.19 bits per heavy atom. The van der Waals surface area contributed by atoms with Gasteiger partial charge in [0.15, 0.2) is 0 Å². The predicted octanol–water partition coefficient (Wildman–Crippen LogP) is 5.40. The monoisotopic (exact) mass is 386 g/mol. The van der Waals surface area contributed by atoms with Crippen molar-refractivity contribution in [2.24, 2.45) is 0 Å². The lowest BCUT2D eigenvalue weighted by Gasteiger charge is -2.21. The summed E-state index contributed by atoms with van der Waals surface area (Å²) in [5, 5.41) is 3.68. The van der Waals surface area contributed by atoms with Gasteiger partial charge in [0.1, 0.15) is 0 Å². The van der Waals surface area contributed by atoms with E-state index in [4.69, 9.17) is 0 Å². The van der Waals surface area contributed by atoms with Gasteiger partial charge in [0.2, 0.25) is 0 Å². The highest BCUT2D eigenvalue weighted by Gasteiger charge is 2.17. The highest BCUT2D eigenvalue weighted by atomic mass is 32.2. The van der Waals surface area contributed by atoms with Crippen LogP contribution in [0.5, 0.6) is 0 Å². The van der Waals surface area contributed by atoms with Gasteiger partial charge in [0.05, 0.1) is 6.04 Å². The number of hydrogen-bond donors (Lipinski definition) is 2. The van der Waals surface area contributed by atoms with E-state index in [9.17, 15) is 4.79 Å². The van der Waals surface area contributed by atoms with Crippen LogP contribution in [-0.2, 0) is 4.79 Å². The van der Waals surface area contributed by atoms with Crippen LogP contribution >= 0.6 is 11.9 Å². The van der Waals surface area contributed by atoms with Crippen molar-refractivity contribution in [3.05, 3.63) is 60.3 Å². The van der Waals surface area contributed by atoms with Gasteiger partial charge in [0, 0.05) is 16.9 Å². The van der Waals surface area contributed by atoms with Gasteiger partial charge in [0.25, 0.3) is 5.91 Å². The number of rotatable bonds is 11. The number of hydrogen-bond acceptors (Lipinski definition) is 3. The second-order valence-corrected chi connectivity index (χ2v) is 8.90. The summed E-state index contributed by atoms with van der Waals surface area (Å²) in [7, 11) is 0. The second kappa shape index (κ2) is 12.0. The minimum Gasteiger partial charge on any atom is -0.346 e. The number of amides is 1. The topological polar surface area (TPSA) is 41.1 Å². The largest absolute Gasteiger partial charge is 0.346 e. The van der Waals surface area contributed by atoms with Gasteiger partial charge >= 0.3 is 0 Å². The lowest BCUT2D eigenvalue weighted by molar-refractivity contribution is -0.117. The summed E-state index contributed by atoms with van der Waals surface area (Å²) in [6.07, 6.45) is 22.3. The van der Waals surface area contributed by atoms with E-state index in [1.807, 2.05) is 18.2 Å². The van der Waals surface area contributed by atoms with E-state index in [0.717, 1.165) is 31.3 Å². The van der Waals surface area contributed by atoms with E-state index in [-0.39, 0.29) is 11.9 Å². The fourth-order valence-corrected chi connectivity index (χ4v) is 3.72. The van der Waals surface area contributed by atoms with Crippen molar-refractivity contribution in [3.63, 3.8) is 0 Å². The maximum absolute atomic E-state index is 12.5. The van der Waals surface area contributed by atoms with Crippen LogP contribution in [0.4, 0.5) is 0 Å². The third kappa shape index (κ3) is 8.35. The number of allylic oxidation sites excluding steroid dienone is 3. The molecule has 0 radical (unpaired) electrons. The Bertz CT molecular complexity index is 616. The molecule has 0 saturated heterocycles. The van der Waals surface area contributed by atoms with Crippen LogP contribution in [0.1, 0.15) is 58.8 Å². The zero-order valence-corrected chi connectivity index (χ0v) is 17.6. The summed E-state index contributed by atoms with van der Waals surface area (Å²) in [6.45, 7) is 8.09. The van der Waals surface area contributed by atoms with Gasteiger partial charge in [-0.2, -0.15) is 0 Å². The molecular weight excluding hydrogens is 352 g/mol. The van der Waals surface area contributed by atoms with E-state index in [0.29, 0.717) is 11.3 Å². The molecule has 2 aliphatic rings. The summed E-state index contributed by atoms with van der Waals surface area (Å²) in [6, 6.07) is 0.407. The molecule has 0 aromatic rings. The smallest absolute Gasteiger partial charge is 0.251 e. The summed E-state index contributed by atoms with van der Waals surface area (Å²) < 4.78 is 3.42. The minimum absolute atomic E-state index is 0.0251. The standard InChI is InChI=1S/C23H34N2OS/c1-4-5-6-7-8-9-19-10-14-21(15-11-19)24-23(26)20-12-16-22(17-13-20)25-27-18(2)3/h4,10-14,16,18,21-22,25H,1,5-9,15,17H2,2-3H3,(H,24,26). The van der Waals surface area contributed by atoms with Crippen molar-refractivity contribution < 1.29 is 4.79 Å². The SMILES string of the molecule is C=CCCCCCC1=CCC(NC(=O)C2=CCC(NSC(C)C)C=C2)C=C1. The highest BCUT2D eigenvalue weighted by Crippen LogP contribution is 2.19. The van der Waals surface area contributed by atoms with E-state index in [2.05, 4.69) is 54.8 Å². The molecule has 148 valence electrons. The molecule has 3 nitrogen and oxygen atoms in total. The van der Waals surface area contributed by atoms with E-state index >= 15 is 0 Å². The van der Waals surface area contributed by atoms with Crippen molar-refractivity contribution in [1.82, 2.24) is 10.0 Å². The second-order valence-electron chi connectivity index (χ2n) is 7.49. The molecule has 2 rings (SSSR count). The van der Waals surface area contributed by atoms with Crippen LogP contribution < -0.4 is 10.0 Å². The molecule has 4 heteroatoms. The minimum atomic E-state index is 0.0251. The molecule has 0 fully saturated rings. The number of unbranched alkanes of at least 4 members (excludes halogenated alkanes) is 3. The summed E-state index contributed by atoms with van der Waals surface area (Å²) in [5.74, 6) is 0.0251. The summed E-state index contributed by atoms with van der Waals surface area (Å²) >= 11 is 1.73. The average molecular weight is 387 g/mol. The zero-order valence-electron chi connectivity index (χ0n) is 16.7. The number of carbonyl (C=O) groups excluding carboxylic acids is 1. The molecule has 0 spiro atoms. The van der Waals surface area contributed by atoms with Crippen LogP contribution in [-0.4, -0.2) is 23.2 Å². The molecule has 1 amide bonds. The van der Waals surface area contributed by atoms with E-state index in [1.165, 1.54) is 24.8 Å². The van der Waals surface area contributed by atoms with Gasteiger partial charge in [-0.15, -0.1) is 6.58 Å². The van der Waals surface area contributed by atoms with Gasteiger partial charge < -0.3 is 5.32 Å². The Morgan fingerprint density at radius 3 is 2.59 bits per heavy atom. The quantitative estimate of drug-likeness (QED) is 0.284. The average Bonchev–Trinajstić information content (AvgIpc) is 2.68. The first-order chi connectivity index (χ1) is 13.1. The van der Waals surface area contributed by atoms with Crippen LogP contribution in [0.15, 0.2) is 60.3 Å². The van der Waals surface area contributed by atoms with Crippen molar-refractivity contribution >= 4 is 17.9 Å². The fourth-order valence-electron chi connectivity index (χ4n) is 3.10. The molecule has 0 bridgehead atoms. The number of nitrogens with one attached hydrogen (secondary N) is 2. The van der Waals surface area contributed by atoms with Crippen molar-refractivity contribution in [1.29, 1.82) is 0 Å². The summed E-state index contributed by atoms with van der Waals surface area (Å²) in [5.41, 5.74) is 2.17. The van der Waals surface area contributed by atoms with Gasteiger partial charge in [-0.05, 0) is 38.5 Å². The van der Waals surface area contributed by atoms with Crippen LogP contribution in [0.25, 0.3) is 0 Å². The van der Waals surface area contributed by atoms with Crippen LogP contribution in [0.2, 0.25) is 0 Å². The van der Waals surface area contributed by atoms with Gasteiger partial charge in [-0.1, -0.05) is 80.3 Å². The molecule has 0 aliphatic heterocycles. The van der Waals surface area contributed by atoms with Gasteiger partial charge in [-0.3, -0.25) is 9.52 Å². The lowest BCUT2D eigenvalue weighted by atomic mass is 9.97.